The Morgan fingerprint density at radius 2 is 1.15 bits per heavy atom. The molecule has 0 radical (unpaired) electrons. The summed E-state index contributed by atoms with van der Waals surface area (Å²) < 4.78 is 5.75. The molecule has 3 aromatic heterocycles. The van der Waals surface area contributed by atoms with Crippen LogP contribution in [0.2, 0.25) is 0 Å². The predicted molar refractivity (Wildman–Crippen MR) is 261 cm³/mol. The fourth-order valence-corrected chi connectivity index (χ4v) is 8.92. The monoisotopic (exact) mass is 841 g/mol. The summed E-state index contributed by atoms with van der Waals surface area (Å²) in [5.41, 5.74) is 15.6. The lowest BCUT2D eigenvalue weighted by Gasteiger charge is -2.15. The van der Waals surface area contributed by atoms with Crippen LogP contribution in [-0.2, 0) is 14.3 Å². The van der Waals surface area contributed by atoms with Gasteiger partial charge in [0.05, 0.1) is 22.8 Å². The van der Waals surface area contributed by atoms with Crippen LogP contribution < -0.4 is 0 Å². The van der Waals surface area contributed by atoms with Gasteiger partial charge in [-0.15, -0.1) is 0 Å². The Kier molecular flexibility index (Phi) is 17.1. The van der Waals surface area contributed by atoms with Gasteiger partial charge in [0.25, 0.3) is 0 Å². The topological polar surface area (TPSA) is 121 Å². The number of nitrogens with zero attached hydrogens (tertiary/aromatic N) is 2. The van der Waals surface area contributed by atoms with E-state index in [1.54, 1.807) is 0 Å². The third kappa shape index (κ3) is 12.4. The number of hydrogen-bond acceptors (Lipinski definition) is 5. The number of ether oxygens (including phenoxy) is 1. The van der Waals surface area contributed by atoms with Crippen molar-refractivity contribution in [3.05, 3.63) is 94.1 Å². The van der Waals surface area contributed by atoms with Crippen LogP contribution in [0.15, 0.2) is 49.1 Å². The molecule has 8 heteroatoms. The molecule has 5 rings (SSSR count). The number of rotatable bonds is 22. The van der Waals surface area contributed by atoms with Crippen molar-refractivity contribution in [3.8, 4) is 0 Å². The normalized spacial score (nSPS) is 14.1. The van der Waals surface area contributed by atoms with Gasteiger partial charge in [0.15, 0.2) is 0 Å². The number of H-pyrrole nitrogens is 2. The SMILES string of the molecule is C=Cc1c(C)c2cc3[nH]c(cc4nc(cc5nc(cc1[nH]2)C(C)=C5CCC(=O)O)C(CCC(=O)OC/C=C(\C)CCC[C@H](C)CCC[C@H](C)CCCC(C)C)=C4C)c(C)c3C=C. The Hall–Kier alpha value is -5.24. The third-order valence-corrected chi connectivity index (χ3v) is 13.0. The smallest absolute Gasteiger partial charge is 0.306 e. The van der Waals surface area contributed by atoms with E-state index in [1.807, 2.05) is 44.2 Å². The highest BCUT2D eigenvalue weighted by molar-refractivity contribution is 5.97. The van der Waals surface area contributed by atoms with Gasteiger partial charge in [-0.3, -0.25) is 9.59 Å². The summed E-state index contributed by atoms with van der Waals surface area (Å²) >= 11 is 0. The highest BCUT2D eigenvalue weighted by Crippen LogP contribution is 2.38. The lowest BCUT2D eigenvalue weighted by molar-refractivity contribution is -0.142. The van der Waals surface area contributed by atoms with Crippen molar-refractivity contribution in [2.75, 3.05) is 6.61 Å². The standard InChI is InChI=1S/C54H72N4O4/c1-12-41-37(8)45-29-46-40(11)44(24-26-54(61)62-28-27-36(7)22-16-21-35(6)20-15-19-34(5)18-14-17-33(3)4)52(57-46)32-51-43(23-25-53(59)60)39(10)48(58-51)31-50-42(13-2)38(9)47(56-50)30-49(41)55-45/h12-13,27,29-35,55-56H,1-2,14-26,28H2,3-11H3,(H,59,60)/b36-27+,45-29?,46-29?,47-30?,48-31?,49-30?,50-31?,51-32?,52-32?/t34-,35-/m1/s1. The lowest BCUT2D eigenvalue weighted by Crippen LogP contribution is -2.05. The molecule has 0 fully saturated rings. The lowest BCUT2D eigenvalue weighted by atomic mass is 9.91. The number of carboxylic acid groups (broad SMARTS) is 1. The van der Waals surface area contributed by atoms with E-state index < -0.39 is 5.97 Å². The van der Waals surface area contributed by atoms with Crippen LogP contribution in [0.25, 0.3) is 56.5 Å². The van der Waals surface area contributed by atoms with E-state index in [2.05, 4.69) is 83.7 Å². The maximum Gasteiger partial charge on any atom is 0.306 e. The summed E-state index contributed by atoms with van der Waals surface area (Å²) in [6, 6.07) is 8.12. The number of carbonyl (C=O) groups is 2. The molecule has 8 nitrogen and oxygen atoms in total. The average Bonchev–Trinajstić information content (AvgIpc) is 3.88. The first kappa shape index (κ1) is 47.8. The maximum absolute atomic E-state index is 13.2. The quantitative estimate of drug-likeness (QED) is 0.0684. The van der Waals surface area contributed by atoms with Crippen LogP contribution in [0.1, 0.15) is 177 Å². The van der Waals surface area contributed by atoms with Crippen molar-refractivity contribution < 1.29 is 19.4 Å². The van der Waals surface area contributed by atoms with Gasteiger partial charge in [0.2, 0.25) is 0 Å². The molecule has 3 aromatic rings. The molecule has 332 valence electrons. The van der Waals surface area contributed by atoms with Crippen LogP contribution in [0.4, 0.5) is 0 Å². The summed E-state index contributed by atoms with van der Waals surface area (Å²) in [6.45, 7) is 28.2. The van der Waals surface area contributed by atoms with Crippen LogP contribution in [0, 0.1) is 31.6 Å². The maximum atomic E-state index is 13.2. The van der Waals surface area contributed by atoms with E-state index in [0.717, 1.165) is 109 Å². The number of fused-ring (bicyclic) bond motifs is 8. The van der Waals surface area contributed by atoms with Gasteiger partial charge in [0, 0.05) is 46.0 Å². The summed E-state index contributed by atoms with van der Waals surface area (Å²) in [4.78, 5) is 42.5. The van der Waals surface area contributed by atoms with Crippen LogP contribution in [0.5, 0.6) is 0 Å². The fraction of sp³-hybridized carbons (Fsp3) is 0.481. The molecule has 2 aliphatic heterocycles. The number of allylic oxidation sites excluding steroid dienone is 5. The number of esters is 1. The molecule has 62 heavy (non-hydrogen) atoms. The molecule has 2 aliphatic rings. The molecule has 0 saturated heterocycles. The predicted octanol–water partition coefficient (Wildman–Crippen LogP) is 14.7. The van der Waals surface area contributed by atoms with Crippen molar-refractivity contribution in [1.82, 2.24) is 19.9 Å². The molecule has 0 unspecified atom stereocenters. The number of nitrogens with one attached hydrogen (secondary N) is 2. The average molecular weight is 841 g/mol. The first-order valence-electron chi connectivity index (χ1n) is 23.0. The molecule has 8 bridgehead atoms. The molecule has 0 spiro atoms. The Balaban J connectivity index is 1.34. The van der Waals surface area contributed by atoms with Crippen molar-refractivity contribution in [3.63, 3.8) is 0 Å². The first-order valence-corrected chi connectivity index (χ1v) is 23.0. The minimum absolute atomic E-state index is 0.0260. The second-order valence-corrected chi connectivity index (χ2v) is 18.4. The zero-order chi connectivity index (χ0) is 45.1. The summed E-state index contributed by atoms with van der Waals surface area (Å²) in [7, 11) is 0. The number of hydrogen-bond donors (Lipinski definition) is 3. The Morgan fingerprint density at radius 1 is 0.661 bits per heavy atom. The number of aromatic nitrogens is 4. The van der Waals surface area contributed by atoms with Crippen molar-refractivity contribution in [2.45, 2.75) is 146 Å². The van der Waals surface area contributed by atoms with E-state index in [1.165, 1.54) is 50.5 Å². The third-order valence-electron chi connectivity index (χ3n) is 13.0. The first-order chi connectivity index (χ1) is 29.6. The zero-order valence-corrected chi connectivity index (χ0v) is 39.2. The highest BCUT2D eigenvalue weighted by Gasteiger charge is 2.23. The largest absolute Gasteiger partial charge is 0.481 e. The van der Waals surface area contributed by atoms with Gasteiger partial charge < -0.3 is 19.8 Å². The van der Waals surface area contributed by atoms with Crippen LogP contribution in [0.3, 0.4) is 0 Å². The van der Waals surface area contributed by atoms with E-state index in [-0.39, 0.29) is 25.4 Å². The second-order valence-electron chi connectivity index (χ2n) is 18.4. The van der Waals surface area contributed by atoms with Gasteiger partial charge in [-0.25, -0.2) is 9.97 Å². The van der Waals surface area contributed by atoms with E-state index in [0.29, 0.717) is 24.2 Å². The molecule has 0 amide bonds. The van der Waals surface area contributed by atoms with Gasteiger partial charge in [-0.2, -0.15) is 0 Å². The minimum Gasteiger partial charge on any atom is -0.481 e. The Bertz CT molecular complexity index is 2400. The van der Waals surface area contributed by atoms with Gasteiger partial charge in [-0.05, 0) is 142 Å². The summed E-state index contributed by atoms with van der Waals surface area (Å²) in [5, 5.41) is 9.67. The number of carbonyl (C=O) groups excluding carboxylic acids is 1. The van der Waals surface area contributed by atoms with Crippen molar-refractivity contribution in [1.29, 1.82) is 0 Å². The van der Waals surface area contributed by atoms with Crippen molar-refractivity contribution in [2.24, 2.45) is 17.8 Å². The Morgan fingerprint density at radius 3 is 1.68 bits per heavy atom. The number of aliphatic carboxylic acids is 1. The Labute approximate surface area is 370 Å². The number of carboxylic acids is 1. The molecule has 3 N–H and O–H groups in total. The molecule has 2 atom stereocenters. The van der Waals surface area contributed by atoms with Crippen LogP contribution in [-0.4, -0.2) is 43.6 Å². The van der Waals surface area contributed by atoms with Crippen LogP contribution >= 0.6 is 0 Å². The van der Waals surface area contributed by atoms with Gasteiger partial charge in [0.1, 0.15) is 6.61 Å². The fourth-order valence-electron chi connectivity index (χ4n) is 8.92. The minimum atomic E-state index is -0.870. The van der Waals surface area contributed by atoms with E-state index >= 15 is 0 Å². The second kappa shape index (κ2) is 22.2. The van der Waals surface area contributed by atoms with E-state index in [4.69, 9.17) is 14.7 Å². The molecule has 0 saturated carbocycles. The van der Waals surface area contributed by atoms with Crippen molar-refractivity contribution >= 4 is 68.4 Å². The molecular weight excluding hydrogens is 769 g/mol. The van der Waals surface area contributed by atoms with E-state index in [9.17, 15) is 14.7 Å². The molecule has 0 aromatic carbocycles. The molecule has 5 heterocycles. The summed E-state index contributed by atoms with van der Waals surface area (Å²) in [5.74, 6) is 1.23. The number of aryl methyl sites for hydroxylation is 2. The highest BCUT2D eigenvalue weighted by atomic mass is 16.5. The molecule has 0 aliphatic carbocycles. The molecular formula is C54H72N4O4. The van der Waals surface area contributed by atoms with Gasteiger partial charge in [-0.1, -0.05) is 104 Å². The zero-order valence-electron chi connectivity index (χ0n) is 39.2. The summed E-state index contributed by atoms with van der Waals surface area (Å²) in [6.07, 6.45) is 18.1. The number of aromatic amines is 2. The van der Waals surface area contributed by atoms with Gasteiger partial charge >= 0.3 is 11.9 Å².